The maximum absolute atomic E-state index is 12.2. The van der Waals surface area contributed by atoms with Gasteiger partial charge in [-0.2, -0.15) is 0 Å². The molecule has 18 heavy (non-hydrogen) atoms. The second kappa shape index (κ2) is 5.08. The minimum Gasteiger partial charge on any atom is -0.294 e. The van der Waals surface area contributed by atoms with E-state index in [0.717, 1.165) is 16.8 Å². The standard InChI is InChI=1S/C15H16N2O/c1-10-4-5-14(12(3)11(10)2)15(18)8-13-6-7-16-9-17-13/h4-7,9H,8H2,1-3H3. The number of aryl methyl sites for hydroxylation is 1. The van der Waals surface area contributed by atoms with Crippen LogP contribution in [-0.2, 0) is 6.42 Å². The van der Waals surface area contributed by atoms with E-state index in [1.54, 1.807) is 12.3 Å². The van der Waals surface area contributed by atoms with Gasteiger partial charge in [-0.25, -0.2) is 9.97 Å². The summed E-state index contributed by atoms with van der Waals surface area (Å²) in [5.41, 5.74) is 5.01. The van der Waals surface area contributed by atoms with Crippen LogP contribution >= 0.6 is 0 Å². The van der Waals surface area contributed by atoms with Crippen LogP contribution in [0.4, 0.5) is 0 Å². The van der Waals surface area contributed by atoms with E-state index in [1.807, 2.05) is 26.0 Å². The number of nitrogens with zero attached hydrogens (tertiary/aromatic N) is 2. The molecule has 0 bridgehead atoms. The fraction of sp³-hybridized carbons (Fsp3) is 0.267. The summed E-state index contributed by atoms with van der Waals surface area (Å²) in [6.45, 7) is 6.10. The molecule has 0 aliphatic carbocycles. The van der Waals surface area contributed by atoms with Crippen molar-refractivity contribution in [3.05, 3.63) is 58.7 Å². The quantitative estimate of drug-likeness (QED) is 0.775. The number of hydrogen-bond acceptors (Lipinski definition) is 3. The molecule has 92 valence electrons. The van der Waals surface area contributed by atoms with Crippen molar-refractivity contribution < 1.29 is 4.79 Å². The van der Waals surface area contributed by atoms with Crippen molar-refractivity contribution in [3.8, 4) is 0 Å². The van der Waals surface area contributed by atoms with Gasteiger partial charge in [-0.3, -0.25) is 4.79 Å². The summed E-state index contributed by atoms with van der Waals surface area (Å²) in [6.07, 6.45) is 3.45. The van der Waals surface area contributed by atoms with Gasteiger partial charge in [0.1, 0.15) is 6.33 Å². The number of ketones is 1. The molecule has 0 aliphatic heterocycles. The molecular formula is C15H16N2O. The molecule has 0 radical (unpaired) electrons. The third kappa shape index (κ3) is 2.45. The second-order valence-corrected chi connectivity index (χ2v) is 4.48. The lowest BCUT2D eigenvalue weighted by Gasteiger charge is -2.10. The molecular weight excluding hydrogens is 224 g/mol. The molecule has 0 fully saturated rings. The van der Waals surface area contributed by atoms with Gasteiger partial charge in [0.05, 0.1) is 12.1 Å². The van der Waals surface area contributed by atoms with Crippen LogP contribution in [0.3, 0.4) is 0 Å². The molecule has 2 rings (SSSR count). The second-order valence-electron chi connectivity index (χ2n) is 4.48. The summed E-state index contributed by atoms with van der Waals surface area (Å²) in [5.74, 6) is 0.106. The summed E-state index contributed by atoms with van der Waals surface area (Å²) in [4.78, 5) is 20.2. The SMILES string of the molecule is Cc1ccc(C(=O)Cc2ccncn2)c(C)c1C. The Balaban J connectivity index is 2.28. The minimum atomic E-state index is 0.106. The molecule has 2 aromatic rings. The molecule has 0 saturated heterocycles. The van der Waals surface area contributed by atoms with Crippen molar-refractivity contribution in [1.82, 2.24) is 9.97 Å². The van der Waals surface area contributed by atoms with E-state index in [9.17, 15) is 4.79 Å². The van der Waals surface area contributed by atoms with Gasteiger partial charge in [-0.05, 0) is 43.5 Å². The first-order chi connectivity index (χ1) is 8.59. The molecule has 0 aliphatic rings. The van der Waals surface area contributed by atoms with Crippen LogP contribution in [0.25, 0.3) is 0 Å². The molecule has 0 atom stereocenters. The van der Waals surface area contributed by atoms with Crippen LogP contribution in [0.2, 0.25) is 0 Å². The number of carbonyl (C=O) groups excluding carboxylic acids is 1. The fourth-order valence-electron chi connectivity index (χ4n) is 1.94. The smallest absolute Gasteiger partial charge is 0.169 e. The van der Waals surface area contributed by atoms with E-state index >= 15 is 0 Å². The normalized spacial score (nSPS) is 10.4. The zero-order valence-corrected chi connectivity index (χ0v) is 10.9. The number of hydrogen-bond donors (Lipinski definition) is 0. The number of aromatic nitrogens is 2. The third-order valence-corrected chi connectivity index (χ3v) is 3.34. The Morgan fingerprint density at radius 2 is 1.89 bits per heavy atom. The average molecular weight is 240 g/mol. The van der Waals surface area contributed by atoms with Crippen molar-refractivity contribution in [2.24, 2.45) is 0 Å². The van der Waals surface area contributed by atoms with Gasteiger partial charge in [0.25, 0.3) is 0 Å². The van der Waals surface area contributed by atoms with Crippen LogP contribution in [0.1, 0.15) is 32.7 Å². The van der Waals surface area contributed by atoms with E-state index in [2.05, 4.69) is 16.9 Å². The molecule has 0 amide bonds. The summed E-state index contributed by atoms with van der Waals surface area (Å²) in [6, 6.07) is 5.67. The van der Waals surface area contributed by atoms with Gasteiger partial charge in [0, 0.05) is 11.8 Å². The highest BCUT2D eigenvalue weighted by Gasteiger charge is 2.12. The first-order valence-electron chi connectivity index (χ1n) is 5.94. The Hall–Kier alpha value is -2.03. The Labute approximate surface area is 107 Å². The van der Waals surface area contributed by atoms with E-state index in [-0.39, 0.29) is 5.78 Å². The Morgan fingerprint density at radius 3 is 2.56 bits per heavy atom. The molecule has 3 heteroatoms. The summed E-state index contributed by atoms with van der Waals surface area (Å²) in [5, 5.41) is 0. The molecule has 0 N–H and O–H groups in total. The monoisotopic (exact) mass is 240 g/mol. The fourth-order valence-corrected chi connectivity index (χ4v) is 1.94. The molecule has 1 aromatic carbocycles. The van der Waals surface area contributed by atoms with Crippen molar-refractivity contribution in [2.75, 3.05) is 0 Å². The van der Waals surface area contributed by atoms with Gasteiger partial charge in [0.15, 0.2) is 5.78 Å². The van der Waals surface area contributed by atoms with E-state index in [0.29, 0.717) is 6.42 Å². The van der Waals surface area contributed by atoms with Gasteiger partial charge in [0.2, 0.25) is 0 Å². The molecule has 0 spiro atoms. The third-order valence-electron chi connectivity index (χ3n) is 3.34. The highest BCUT2D eigenvalue weighted by molar-refractivity contribution is 5.98. The zero-order chi connectivity index (χ0) is 13.1. The van der Waals surface area contributed by atoms with Gasteiger partial charge in [-0.15, -0.1) is 0 Å². The van der Waals surface area contributed by atoms with Crippen LogP contribution in [0.5, 0.6) is 0 Å². The predicted molar refractivity (Wildman–Crippen MR) is 70.7 cm³/mol. The number of Topliss-reactive ketones (excluding diaryl/α,β-unsaturated/α-hetero) is 1. The molecule has 3 nitrogen and oxygen atoms in total. The van der Waals surface area contributed by atoms with Crippen molar-refractivity contribution in [3.63, 3.8) is 0 Å². The summed E-state index contributed by atoms with van der Waals surface area (Å²) < 4.78 is 0. The highest BCUT2D eigenvalue weighted by Crippen LogP contribution is 2.18. The lowest BCUT2D eigenvalue weighted by atomic mass is 9.95. The van der Waals surface area contributed by atoms with Crippen LogP contribution < -0.4 is 0 Å². The molecule has 0 unspecified atom stereocenters. The van der Waals surface area contributed by atoms with Crippen molar-refractivity contribution in [2.45, 2.75) is 27.2 Å². The van der Waals surface area contributed by atoms with Crippen LogP contribution in [-0.4, -0.2) is 15.8 Å². The molecule has 1 heterocycles. The Kier molecular flexibility index (Phi) is 3.51. The van der Waals surface area contributed by atoms with Crippen LogP contribution in [0.15, 0.2) is 30.7 Å². The lowest BCUT2D eigenvalue weighted by molar-refractivity contribution is 0.0991. The molecule has 1 aromatic heterocycles. The van der Waals surface area contributed by atoms with Gasteiger partial charge >= 0.3 is 0 Å². The van der Waals surface area contributed by atoms with E-state index in [4.69, 9.17) is 0 Å². The maximum atomic E-state index is 12.2. The Morgan fingerprint density at radius 1 is 1.11 bits per heavy atom. The Bertz CT molecular complexity index is 577. The van der Waals surface area contributed by atoms with E-state index < -0.39 is 0 Å². The lowest BCUT2D eigenvalue weighted by Crippen LogP contribution is -2.08. The van der Waals surface area contributed by atoms with Gasteiger partial charge < -0.3 is 0 Å². The largest absolute Gasteiger partial charge is 0.294 e. The van der Waals surface area contributed by atoms with Crippen LogP contribution in [0, 0.1) is 20.8 Å². The molecule has 0 saturated carbocycles. The summed E-state index contributed by atoms with van der Waals surface area (Å²) in [7, 11) is 0. The number of rotatable bonds is 3. The highest BCUT2D eigenvalue weighted by atomic mass is 16.1. The number of carbonyl (C=O) groups is 1. The first kappa shape index (κ1) is 12.4. The van der Waals surface area contributed by atoms with E-state index in [1.165, 1.54) is 17.5 Å². The van der Waals surface area contributed by atoms with Crippen molar-refractivity contribution >= 4 is 5.78 Å². The number of benzene rings is 1. The average Bonchev–Trinajstić information content (AvgIpc) is 2.37. The summed E-state index contributed by atoms with van der Waals surface area (Å²) >= 11 is 0. The van der Waals surface area contributed by atoms with Gasteiger partial charge in [-0.1, -0.05) is 12.1 Å². The topological polar surface area (TPSA) is 42.9 Å². The predicted octanol–water partition coefficient (Wildman–Crippen LogP) is 2.83. The maximum Gasteiger partial charge on any atom is 0.169 e. The minimum absolute atomic E-state index is 0.106. The first-order valence-corrected chi connectivity index (χ1v) is 5.94. The van der Waals surface area contributed by atoms with Crippen molar-refractivity contribution in [1.29, 1.82) is 0 Å². The zero-order valence-electron chi connectivity index (χ0n) is 10.9.